The Labute approximate surface area is 163 Å². The Morgan fingerprint density at radius 1 is 1.00 bits per heavy atom. The van der Waals surface area contributed by atoms with Crippen LogP contribution in [0.2, 0.25) is 0 Å². The van der Waals surface area contributed by atoms with E-state index < -0.39 is 35.3 Å². The van der Waals surface area contributed by atoms with Gasteiger partial charge in [0, 0.05) is 26.7 Å². The Kier molecular flexibility index (Phi) is 11.8. The first-order valence-electron chi connectivity index (χ1n) is 9.84. The largest absolute Gasteiger partial charge is 0.462 e. The lowest BCUT2D eigenvalue weighted by Crippen LogP contribution is -2.40. The molecule has 27 heavy (non-hydrogen) atoms. The van der Waals surface area contributed by atoms with Gasteiger partial charge >= 0.3 is 11.9 Å². The van der Waals surface area contributed by atoms with Gasteiger partial charge in [0.2, 0.25) is 0 Å². The third-order valence-electron chi connectivity index (χ3n) is 4.83. The zero-order valence-corrected chi connectivity index (χ0v) is 17.7. The summed E-state index contributed by atoms with van der Waals surface area (Å²) in [6, 6.07) is 0. The molecular weight excluding hydrogens is 352 g/mol. The lowest BCUT2D eigenvalue weighted by atomic mass is 9.89. The Morgan fingerprint density at radius 3 is 2.07 bits per heavy atom. The second kappa shape index (κ2) is 12.3. The minimum absolute atomic E-state index is 0.0392. The molecule has 0 spiro atoms. The van der Waals surface area contributed by atoms with Crippen molar-refractivity contribution < 1.29 is 34.0 Å². The average molecular weight is 391 g/mol. The van der Waals surface area contributed by atoms with Gasteiger partial charge in [-0.2, -0.15) is 0 Å². The van der Waals surface area contributed by atoms with E-state index in [1.807, 2.05) is 27.7 Å². The highest BCUT2D eigenvalue weighted by Gasteiger charge is 2.32. The zero-order valence-electron chi connectivity index (χ0n) is 17.7. The molecule has 0 aliphatic rings. The minimum Gasteiger partial charge on any atom is -0.462 e. The van der Waals surface area contributed by atoms with Crippen molar-refractivity contribution in [3.8, 4) is 0 Å². The molecule has 0 fully saturated rings. The first kappa shape index (κ1) is 25.8. The van der Waals surface area contributed by atoms with E-state index >= 15 is 0 Å². The molecule has 160 valence electrons. The molecule has 7 nitrogen and oxygen atoms in total. The molecule has 0 aliphatic heterocycles. The Balaban J connectivity index is 4.82. The summed E-state index contributed by atoms with van der Waals surface area (Å²) in [7, 11) is 0. The highest BCUT2D eigenvalue weighted by molar-refractivity contribution is 5.67. The van der Waals surface area contributed by atoms with Gasteiger partial charge in [0.1, 0.15) is 12.7 Å². The standard InChI is InChI=1S/C20H38O7/c1-7-10-20(24,9-3)11-17(23)13-26-19(6,8-2)12-18(27-16(5)22)14-25-15(4)21/h17-18,23-24H,7-14H2,1-6H3. The molecule has 0 amide bonds. The number of hydrogen-bond acceptors (Lipinski definition) is 7. The summed E-state index contributed by atoms with van der Waals surface area (Å²) in [5.74, 6) is -0.908. The van der Waals surface area contributed by atoms with Gasteiger partial charge in [-0.25, -0.2) is 0 Å². The monoisotopic (exact) mass is 390 g/mol. The van der Waals surface area contributed by atoms with Crippen LogP contribution in [0.1, 0.15) is 80.1 Å². The van der Waals surface area contributed by atoms with Gasteiger partial charge < -0.3 is 24.4 Å². The van der Waals surface area contributed by atoms with Crippen LogP contribution in [0.25, 0.3) is 0 Å². The number of aliphatic hydroxyl groups is 2. The average Bonchev–Trinajstić information content (AvgIpc) is 2.57. The maximum Gasteiger partial charge on any atom is 0.303 e. The molecule has 0 heterocycles. The number of carbonyl (C=O) groups is 2. The van der Waals surface area contributed by atoms with Crippen LogP contribution in [0, 0.1) is 0 Å². The van der Waals surface area contributed by atoms with E-state index in [9.17, 15) is 19.8 Å². The molecule has 0 aromatic heterocycles. The minimum atomic E-state index is -0.893. The molecule has 0 radical (unpaired) electrons. The van der Waals surface area contributed by atoms with Gasteiger partial charge in [0.05, 0.1) is 23.9 Å². The molecule has 0 bridgehead atoms. The topological polar surface area (TPSA) is 102 Å². The SMILES string of the molecule is CCCC(O)(CC)CC(O)COC(C)(CC)CC(COC(C)=O)OC(C)=O. The molecule has 0 aromatic carbocycles. The second-order valence-electron chi connectivity index (χ2n) is 7.54. The smallest absolute Gasteiger partial charge is 0.303 e. The maximum atomic E-state index is 11.3. The van der Waals surface area contributed by atoms with Crippen LogP contribution in [0.3, 0.4) is 0 Å². The van der Waals surface area contributed by atoms with E-state index in [4.69, 9.17) is 14.2 Å². The molecule has 0 aromatic rings. The summed E-state index contributed by atoms with van der Waals surface area (Å²) in [5, 5.41) is 20.8. The van der Waals surface area contributed by atoms with Crippen molar-refractivity contribution in [1.82, 2.24) is 0 Å². The third kappa shape index (κ3) is 11.3. The predicted octanol–water partition coefficient (Wildman–Crippen LogP) is 2.75. The first-order valence-corrected chi connectivity index (χ1v) is 9.84. The molecule has 0 saturated heterocycles. The Morgan fingerprint density at radius 2 is 1.63 bits per heavy atom. The summed E-state index contributed by atoms with van der Waals surface area (Å²) < 4.78 is 16.1. The highest BCUT2D eigenvalue weighted by atomic mass is 16.6. The van der Waals surface area contributed by atoms with Crippen LogP contribution >= 0.6 is 0 Å². The molecule has 0 rings (SSSR count). The normalized spacial score (nSPS) is 18.1. The second-order valence-corrected chi connectivity index (χ2v) is 7.54. The summed E-state index contributed by atoms with van der Waals surface area (Å²) in [5.41, 5.74) is -1.56. The molecule has 4 unspecified atom stereocenters. The fourth-order valence-corrected chi connectivity index (χ4v) is 3.05. The van der Waals surface area contributed by atoms with Crippen LogP contribution < -0.4 is 0 Å². The molecule has 2 N–H and O–H groups in total. The van der Waals surface area contributed by atoms with Crippen LogP contribution in [-0.4, -0.2) is 58.8 Å². The van der Waals surface area contributed by atoms with Crippen LogP contribution in [0.15, 0.2) is 0 Å². The number of rotatable bonds is 14. The van der Waals surface area contributed by atoms with Crippen molar-refractivity contribution in [2.45, 2.75) is 103 Å². The summed E-state index contributed by atoms with van der Waals surface area (Å²) in [6.45, 7) is 10.3. The molecule has 7 heteroatoms. The van der Waals surface area contributed by atoms with Crippen molar-refractivity contribution in [3.63, 3.8) is 0 Å². The van der Waals surface area contributed by atoms with E-state index in [0.717, 1.165) is 6.42 Å². The third-order valence-corrected chi connectivity index (χ3v) is 4.83. The van der Waals surface area contributed by atoms with Crippen molar-refractivity contribution in [2.75, 3.05) is 13.2 Å². The van der Waals surface area contributed by atoms with Gasteiger partial charge in [-0.15, -0.1) is 0 Å². The number of carbonyl (C=O) groups excluding carboxylic acids is 2. The van der Waals surface area contributed by atoms with Gasteiger partial charge in [-0.1, -0.05) is 27.2 Å². The number of aliphatic hydroxyl groups excluding tert-OH is 1. The van der Waals surface area contributed by atoms with Crippen molar-refractivity contribution in [1.29, 1.82) is 0 Å². The van der Waals surface area contributed by atoms with Crippen LogP contribution in [0.5, 0.6) is 0 Å². The van der Waals surface area contributed by atoms with Crippen molar-refractivity contribution in [3.05, 3.63) is 0 Å². The van der Waals surface area contributed by atoms with Gasteiger partial charge in [-0.3, -0.25) is 9.59 Å². The van der Waals surface area contributed by atoms with Gasteiger partial charge in [0.15, 0.2) is 0 Å². The first-order chi connectivity index (χ1) is 12.5. The predicted molar refractivity (Wildman–Crippen MR) is 102 cm³/mol. The van der Waals surface area contributed by atoms with E-state index in [-0.39, 0.29) is 19.6 Å². The van der Waals surface area contributed by atoms with Crippen LogP contribution in [0.4, 0.5) is 0 Å². The van der Waals surface area contributed by atoms with Crippen molar-refractivity contribution in [2.24, 2.45) is 0 Å². The fraction of sp³-hybridized carbons (Fsp3) is 0.900. The molecule has 0 saturated carbocycles. The fourth-order valence-electron chi connectivity index (χ4n) is 3.05. The van der Waals surface area contributed by atoms with E-state index in [1.54, 1.807) is 0 Å². The van der Waals surface area contributed by atoms with Gasteiger partial charge in [-0.05, 0) is 26.2 Å². The van der Waals surface area contributed by atoms with Gasteiger partial charge in [0.25, 0.3) is 0 Å². The van der Waals surface area contributed by atoms with Crippen LogP contribution in [-0.2, 0) is 23.8 Å². The molecule has 0 aliphatic carbocycles. The lowest BCUT2D eigenvalue weighted by Gasteiger charge is -2.34. The number of hydrogen-bond donors (Lipinski definition) is 2. The van der Waals surface area contributed by atoms with E-state index in [2.05, 4.69) is 0 Å². The summed E-state index contributed by atoms with van der Waals surface area (Å²) in [6.07, 6.45) is 1.81. The van der Waals surface area contributed by atoms with E-state index in [0.29, 0.717) is 25.7 Å². The lowest BCUT2D eigenvalue weighted by molar-refractivity contribution is -0.163. The maximum absolute atomic E-state index is 11.3. The molecular formula is C20H38O7. The summed E-state index contributed by atoms with van der Waals surface area (Å²) >= 11 is 0. The number of ether oxygens (including phenoxy) is 3. The quantitative estimate of drug-likeness (QED) is 0.440. The zero-order chi connectivity index (χ0) is 21.1. The molecule has 4 atom stereocenters. The Bertz CT molecular complexity index is 454. The number of esters is 2. The summed E-state index contributed by atoms with van der Waals surface area (Å²) in [4.78, 5) is 22.4. The Hall–Kier alpha value is -1.18. The van der Waals surface area contributed by atoms with Crippen molar-refractivity contribution >= 4 is 11.9 Å². The van der Waals surface area contributed by atoms with E-state index in [1.165, 1.54) is 13.8 Å². The highest BCUT2D eigenvalue weighted by Crippen LogP contribution is 2.27.